The summed E-state index contributed by atoms with van der Waals surface area (Å²) in [5, 5.41) is 14.4. The van der Waals surface area contributed by atoms with Crippen molar-refractivity contribution in [1.29, 1.82) is 0 Å². The Morgan fingerprint density at radius 3 is 2.90 bits per heavy atom. The molecule has 1 aliphatic heterocycles. The molecule has 2 atom stereocenters. The third kappa shape index (κ3) is 2.20. The standard InChI is InChI=1S/C16H20N2O2/c1-9(2)7-13-15-11(8-14(17-13)16(19)20)10-5-3-4-6-12(10)18-15/h3-6,9,13-14,17-18H,7-8H2,1-2H3,(H,19,20)/t13-,14-/m0/s1. The lowest BCUT2D eigenvalue weighted by Crippen LogP contribution is -2.95. The normalized spacial score (nSPS) is 22.1. The molecule has 0 bridgehead atoms. The zero-order valence-corrected chi connectivity index (χ0v) is 11.8. The molecule has 0 saturated heterocycles. The highest BCUT2D eigenvalue weighted by Gasteiger charge is 2.33. The molecule has 3 N–H and O–H groups in total. The molecule has 0 saturated carbocycles. The first-order valence-corrected chi connectivity index (χ1v) is 7.21. The summed E-state index contributed by atoms with van der Waals surface area (Å²) in [6, 6.07) is 7.81. The zero-order chi connectivity index (χ0) is 14.3. The Balaban J connectivity index is 2.09. The lowest BCUT2D eigenvalue weighted by atomic mass is 9.90. The molecule has 3 rings (SSSR count). The van der Waals surface area contributed by atoms with E-state index < -0.39 is 12.0 Å². The Morgan fingerprint density at radius 1 is 1.45 bits per heavy atom. The number of carbonyl (C=O) groups excluding carboxylic acids is 1. The van der Waals surface area contributed by atoms with Crippen LogP contribution < -0.4 is 10.4 Å². The maximum atomic E-state index is 11.3. The minimum Gasteiger partial charge on any atom is -0.544 e. The highest BCUT2D eigenvalue weighted by molar-refractivity contribution is 5.86. The number of hydrogen-bond donors (Lipinski definition) is 2. The van der Waals surface area contributed by atoms with E-state index in [4.69, 9.17) is 0 Å². The van der Waals surface area contributed by atoms with Gasteiger partial charge < -0.3 is 20.2 Å². The van der Waals surface area contributed by atoms with Gasteiger partial charge in [0.2, 0.25) is 0 Å². The molecule has 0 radical (unpaired) electrons. The molecule has 20 heavy (non-hydrogen) atoms. The molecule has 106 valence electrons. The number of fused-ring (bicyclic) bond motifs is 3. The van der Waals surface area contributed by atoms with E-state index in [9.17, 15) is 9.90 Å². The lowest BCUT2D eigenvalue weighted by molar-refractivity contribution is -0.726. The van der Waals surface area contributed by atoms with E-state index in [0.717, 1.165) is 22.9 Å². The average molecular weight is 272 g/mol. The molecule has 2 aromatic rings. The predicted octanol–water partition coefficient (Wildman–Crippen LogP) is 0.493. The number of aromatic nitrogens is 1. The number of nitrogens with one attached hydrogen (secondary N) is 1. The van der Waals surface area contributed by atoms with E-state index in [1.807, 2.05) is 23.5 Å². The second-order valence-electron chi connectivity index (χ2n) is 6.12. The summed E-state index contributed by atoms with van der Waals surface area (Å²) in [5.74, 6) is -0.439. The number of hydrogen-bond acceptors (Lipinski definition) is 2. The van der Waals surface area contributed by atoms with E-state index >= 15 is 0 Å². The molecule has 4 heteroatoms. The van der Waals surface area contributed by atoms with Crippen LogP contribution in [-0.2, 0) is 11.2 Å². The van der Waals surface area contributed by atoms with Crippen LogP contribution in [0.3, 0.4) is 0 Å². The predicted molar refractivity (Wildman–Crippen MR) is 74.9 cm³/mol. The lowest BCUT2D eigenvalue weighted by Gasteiger charge is -2.29. The Hall–Kier alpha value is -1.81. The van der Waals surface area contributed by atoms with Crippen molar-refractivity contribution in [1.82, 2.24) is 4.98 Å². The Bertz CT molecular complexity index is 645. The van der Waals surface area contributed by atoms with E-state index in [1.54, 1.807) is 0 Å². The molecule has 2 heterocycles. The van der Waals surface area contributed by atoms with Crippen LogP contribution in [0.1, 0.15) is 37.6 Å². The van der Waals surface area contributed by atoms with E-state index in [-0.39, 0.29) is 6.04 Å². The van der Waals surface area contributed by atoms with Gasteiger partial charge in [0.1, 0.15) is 12.1 Å². The number of H-pyrrole nitrogens is 1. The number of carboxylic acid groups (broad SMARTS) is 1. The number of nitrogens with two attached hydrogens (primary N) is 1. The van der Waals surface area contributed by atoms with Crippen molar-refractivity contribution in [2.45, 2.75) is 38.8 Å². The van der Waals surface area contributed by atoms with E-state index in [1.165, 1.54) is 5.69 Å². The van der Waals surface area contributed by atoms with Gasteiger partial charge in [-0.25, -0.2) is 0 Å². The monoisotopic (exact) mass is 272 g/mol. The highest BCUT2D eigenvalue weighted by Crippen LogP contribution is 2.31. The molecular formula is C16H20N2O2. The van der Waals surface area contributed by atoms with E-state index in [0.29, 0.717) is 12.3 Å². The van der Waals surface area contributed by atoms with Crippen LogP contribution in [-0.4, -0.2) is 17.0 Å². The third-order valence-corrected chi connectivity index (χ3v) is 4.13. The molecule has 4 nitrogen and oxygen atoms in total. The minimum atomic E-state index is -0.963. The van der Waals surface area contributed by atoms with Gasteiger partial charge in [0.25, 0.3) is 0 Å². The fourth-order valence-electron chi connectivity index (χ4n) is 3.29. The summed E-state index contributed by atoms with van der Waals surface area (Å²) in [5.41, 5.74) is 3.44. The topological polar surface area (TPSA) is 72.5 Å². The summed E-state index contributed by atoms with van der Waals surface area (Å²) < 4.78 is 0. The maximum Gasteiger partial charge on any atom is 0.131 e. The maximum absolute atomic E-state index is 11.3. The molecule has 0 spiro atoms. The number of quaternary nitrogens is 1. The van der Waals surface area contributed by atoms with Gasteiger partial charge in [-0.2, -0.15) is 0 Å². The van der Waals surface area contributed by atoms with Gasteiger partial charge in [-0.05, 0) is 17.5 Å². The molecule has 0 unspecified atom stereocenters. The first-order chi connectivity index (χ1) is 9.56. The number of carbonyl (C=O) groups is 1. The van der Waals surface area contributed by atoms with Crippen LogP contribution in [0.25, 0.3) is 10.9 Å². The van der Waals surface area contributed by atoms with Crippen molar-refractivity contribution in [3.05, 3.63) is 35.5 Å². The molecule has 1 aromatic carbocycles. The van der Waals surface area contributed by atoms with Gasteiger partial charge in [0.15, 0.2) is 0 Å². The van der Waals surface area contributed by atoms with Gasteiger partial charge in [-0.3, -0.25) is 0 Å². The van der Waals surface area contributed by atoms with Crippen LogP contribution in [0.5, 0.6) is 0 Å². The summed E-state index contributed by atoms with van der Waals surface area (Å²) in [4.78, 5) is 14.8. The van der Waals surface area contributed by atoms with Gasteiger partial charge in [-0.15, -0.1) is 0 Å². The van der Waals surface area contributed by atoms with Gasteiger partial charge >= 0.3 is 0 Å². The first kappa shape index (κ1) is 13.2. The average Bonchev–Trinajstić information content (AvgIpc) is 2.77. The summed E-state index contributed by atoms with van der Waals surface area (Å²) in [7, 11) is 0. The smallest absolute Gasteiger partial charge is 0.131 e. The van der Waals surface area contributed by atoms with Crippen molar-refractivity contribution in [2.75, 3.05) is 0 Å². The fourth-order valence-corrected chi connectivity index (χ4v) is 3.29. The highest BCUT2D eigenvalue weighted by atomic mass is 16.4. The SMILES string of the molecule is CC(C)C[C@@H]1[NH2+][C@H](C(=O)[O-])Cc2c1[nH]c1ccccc21. The Morgan fingerprint density at radius 2 is 2.20 bits per heavy atom. The molecule has 0 fully saturated rings. The van der Waals surface area contributed by atoms with Crippen molar-refractivity contribution in [3.63, 3.8) is 0 Å². The number of benzene rings is 1. The number of aliphatic carboxylic acids is 1. The van der Waals surface area contributed by atoms with E-state index in [2.05, 4.69) is 24.9 Å². The summed E-state index contributed by atoms with van der Waals surface area (Å²) >= 11 is 0. The summed E-state index contributed by atoms with van der Waals surface area (Å²) in [6.45, 7) is 4.33. The van der Waals surface area contributed by atoms with Crippen LogP contribution in [0, 0.1) is 5.92 Å². The first-order valence-electron chi connectivity index (χ1n) is 7.21. The van der Waals surface area contributed by atoms with Crippen LogP contribution in [0.15, 0.2) is 24.3 Å². The van der Waals surface area contributed by atoms with Crippen LogP contribution in [0.4, 0.5) is 0 Å². The van der Waals surface area contributed by atoms with Crippen LogP contribution >= 0.6 is 0 Å². The van der Waals surface area contributed by atoms with Crippen LogP contribution in [0.2, 0.25) is 0 Å². The van der Waals surface area contributed by atoms with Crippen molar-refractivity contribution < 1.29 is 15.2 Å². The molecule has 0 amide bonds. The van der Waals surface area contributed by atoms with Gasteiger partial charge in [-0.1, -0.05) is 32.0 Å². The number of aromatic amines is 1. The molecular weight excluding hydrogens is 252 g/mol. The number of rotatable bonds is 3. The number of para-hydroxylation sites is 1. The minimum absolute atomic E-state index is 0.175. The quantitative estimate of drug-likeness (QED) is 0.853. The third-order valence-electron chi connectivity index (χ3n) is 4.13. The second-order valence-corrected chi connectivity index (χ2v) is 6.12. The largest absolute Gasteiger partial charge is 0.544 e. The molecule has 1 aromatic heterocycles. The second kappa shape index (κ2) is 4.94. The Labute approximate surface area is 118 Å². The molecule has 0 aliphatic carbocycles. The van der Waals surface area contributed by atoms with Crippen molar-refractivity contribution in [2.24, 2.45) is 5.92 Å². The Kier molecular flexibility index (Phi) is 3.26. The van der Waals surface area contributed by atoms with Gasteiger partial charge in [0, 0.05) is 23.7 Å². The zero-order valence-electron chi connectivity index (χ0n) is 11.8. The molecule has 1 aliphatic rings. The number of carboxylic acids is 1. The van der Waals surface area contributed by atoms with Gasteiger partial charge in [0.05, 0.1) is 11.7 Å². The van der Waals surface area contributed by atoms with Crippen molar-refractivity contribution in [3.8, 4) is 0 Å². The fraction of sp³-hybridized carbons (Fsp3) is 0.438. The van der Waals surface area contributed by atoms with Crippen molar-refractivity contribution >= 4 is 16.9 Å². The summed E-state index contributed by atoms with van der Waals surface area (Å²) in [6.07, 6.45) is 1.50.